The minimum absolute atomic E-state index is 0.118. The zero-order valence-corrected chi connectivity index (χ0v) is 12.0. The number of ether oxygens (including phenoxy) is 2. The first-order valence-corrected chi connectivity index (χ1v) is 6.49. The molecule has 1 aromatic rings. The zero-order valence-electron chi connectivity index (χ0n) is 12.0. The van der Waals surface area contributed by atoms with E-state index in [0.29, 0.717) is 13.2 Å². The van der Waals surface area contributed by atoms with Gasteiger partial charge in [0.2, 0.25) is 5.91 Å². The highest BCUT2D eigenvalue weighted by Gasteiger charge is 2.33. The van der Waals surface area contributed by atoms with E-state index in [0.717, 1.165) is 11.4 Å². The van der Waals surface area contributed by atoms with E-state index in [2.05, 4.69) is 5.10 Å². The van der Waals surface area contributed by atoms with E-state index in [1.807, 2.05) is 19.9 Å². The van der Waals surface area contributed by atoms with E-state index in [1.165, 1.54) is 12.0 Å². The lowest BCUT2D eigenvalue weighted by Crippen LogP contribution is -2.53. The summed E-state index contributed by atoms with van der Waals surface area (Å²) in [7, 11) is 1.31. The second-order valence-electron chi connectivity index (χ2n) is 4.79. The minimum atomic E-state index is -0.668. The maximum absolute atomic E-state index is 12.4. The summed E-state index contributed by atoms with van der Waals surface area (Å²) in [6.07, 6.45) is 0. The van der Waals surface area contributed by atoms with Gasteiger partial charge in [0.15, 0.2) is 6.04 Å². The summed E-state index contributed by atoms with van der Waals surface area (Å²) in [4.78, 5) is 25.6. The molecule has 20 heavy (non-hydrogen) atoms. The van der Waals surface area contributed by atoms with Crippen LogP contribution in [0.15, 0.2) is 6.07 Å². The Balaban J connectivity index is 2.10. The molecular formula is C13H19N3O4. The number of rotatable bonds is 3. The summed E-state index contributed by atoms with van der Waals surface area (Å²) in [5, 5.41) is 4.26. The molecule has 0 N–H and O–H groups in total. The van der Waals surface area contributed by atoms with Gasteiger partial charge in [-0.1, -0.05) is 0 Å². The van der Waals surface area contributed by atoms with Crippen LogP contribution in [0.25, 0.3) is 0 Å². The van der Waals surface area contributed by atoms with Gasteiger partial charge >= 0.3 is 5.97 Å². The maximum Gasteiger partial charge on any atom is 0.331 e. The summed E-state index contributed by atoms with van der Waals surface area (Å²) < 4.78 is 11.6. The van der Waals surface area contributed by atoms with E-state index in [9.17, 15) is 9.59 Å². The molecule has 110 valence electrons. The van der Waals surface area contributed by atoms with Crippen molar-refractivity contribution >= 4 is 11.9 Å². The summed E-state index contributed by atoms with van der Waals surface area (Å²) in [5.41, 5.74) is 1.78. The highest BCUT2D eigenvalue weighted by Crippen LogP contribution is 2.11. The molecule has 2 heterocycles. The molecule has 0 bridgehead atoms. The summed E-state index contributed by atoms with van der Waals surface area (Å²) in [6, 6.07) is 1.24. The van der Waals surface area contributed by atoms with Crippen molar-refractivity contribution < 1.29 is 19.1 Å². The zero-order chi connectivity index (χ0) is 14.7. The quantitative estimate of drug-likeness (QED) is 0.723. The van der Waals surface area contributed by atoms with E-state index < -0.39 is 12.0 Å². The van der Waals surface area contributed by atoms with Gasteiger partial charge in [0.05, 0.1) is 26.0 Å². The molecule has 2 rings (SSSR count). The number of esters is 1. The van der Waals surface area contributed by atoms with Crippen LogP contribution in [0.3, 0.4) is 0 Å². The number of carbonyl (C=O) groups is 2. The van der Waals surface area contributed by atoms with E-state index >= 15 is 0 Å². The Morgan fingerprint density at radius 1 is 1.50 bits per heavy atom. The molecule has 1 unspecified atom stereocenters. The Kier molecular flexibility index (Phi) is 4.39. The lowest BCUT2D eigenvalue weighted by Gasteiger charge is -2.33. The number of nitrogens with zero attached hydrogens (tertiary/aromatic N) is 3. The fraction of sp³-hybridized carbons (Fsp3) is 0.615. The fourth-order valence-corrected chi connectivity index (χ4v) is 2.29. The molecule has 1 atom stereocenters. The van der Waals surface area contributed by atoms with Gasteiger partial charge in [-0.05, 0) is 19.9 Å². The normalized spacial score (nSPS) is 18.9. The average Bonchev–Trinajstić information content (AvgIpc) is 2.76. The predicted octanol–water partition coefficient (Wildman–Crippen LogP) is -0.0997. The molecule has 7 nitrogen and oxygen atoms in total. The number of carbonyl (C=O) groups excluding carboxylic acids is 2. The Hall–Kier alpha value is -1.89. The van der Waals surface area contributed by atoms with Crippen molar-refractivity contribution in [2.45, 2.75) is 26.4 Å². The maximum atomic E-state index is 12.4. The molecule has 0 spiro atoms. The third kappa shape index (κ3) is 2.98. The average molecular weight is 281 g/mol. The first-order valence-electron chi connectivity index (χ1n) is 6.49. The largest absolute Gasteiger partial charge is 0.467 e. The van der Waals surface area contributed by atoms with E-state index in [1.54, 1.807) is 4.68 Å². The molecule has 1 aromatic heterocycles. The Bertz CT molecular complexity index is 512. The number of hydrogen-bond donors (Lipinski definition) is 0. The van der Waals surface area contributed by atoms with Crippen molar-refractivity contribution in [3.63, 3.8) is 0 Å². The first-order chi connectivity index (χ1) is 9.52. The van der Waals surface area contributed by atoms with Gasteiger partial charge in [0.25, 0.3) is 0 Å². The van der Waals surface area contributed by atoms with Gasteiger partial charge in [0, 0.05) is 12.2 Å². The molecular weight excluding hydrogens is 262 g/mol. The topological polar surface area (TPSA) is 73.7 Å². The van der Waals surface area contributed by atoms with Crippen molar-refractivity contribution in [3.05, 3.63) is 17.5 Å². The minimum Gasteiger partial charge on any atom is -0.467 e. The molecule has 0 saturated carbocycles. The van der Waals surface area contributed by atoms with Crippen molar-refractivity contribution in [1.82, 2.24) is 14.7 Å². The highest BCUT2D eigenvalue weighted by atomic mass is 16.5. The predicted molar refractivity (Wildman–Crippen MR) is 70.0 cm³/mol. The van der Waals surface area contributed by atoms with Crippen LogP contribution in [0.1, 0.15) is 11.4 Å². The highest BCUT2D eigenvalue weighted by molar-refractivity contribution is 5.84. The summed E-state index contributed by atoms with van der Waals surface area (Å²) >= 11 is 0. The third-order valence-electron chi connectivity index (χ3n) is 3.31. The van der Waals surface area contributed by atoms with Crippen LogP contribution < -0.4 is 0 Å². The van der Waals surface area contributed by atoms with Crippen LogP contribution in [-0.2, 0) is 25.6 Å². The fourth-order valence-electron chi connectivity index (χ4n) is 2.29. The van der Waals surface area contributed by atoms with Crippen molar-refractivity contribution in [3.8, 4) is 0 Å². The van der Waals surface area contributed by atoms with Crippen LogP contribution in [0.4, 0.5) is 0 Å². The Morgan fingerprint density at radius 3 is 2.85 bits per heavy atom. The SMILES string of the molecule is COC(=O)C1COCCN1C(=O)Cn1nc(C)cc1C. The number of hydrogen-bond acceptors (Lipinski definition) is 5. The molecule has 0 aliphatic carbocycles. The van der Waals surface area contributed by atoms with Crippen LogP contribution >= 0.6 is 0 Å². The van der Waals surface area contributed by atoms with Crippen LogP contribution in [0, 0.1) is 13.8 Å². The van der Waals surface area contributed by atoms with E-state index in [4.69, 9.17) is 9.47 Å². The number of aryl methyl sites for hydroxylation is 2. The Morgan fingerprint density at radius 2 is 2.25 bits per heavy atom. The standard InChI is InChI=1S/C13H19N3O4/c1-9-6-10(2)16(14-9)7-12(17)15-4-5-20-8-11(15)13(18)19-3/h6,11H,4-5,7-8H2,1-3H3. The molecule has 1 aliphatic heterocycles. The van der Waals surface area contributed by atoms with Gasteiger partial charge in [0.1, 0.15) is 6.54 Å². The van der Waals surface area contributed by atoms with Crippen molar-refractivity contribution in [2.24, 2.45) is 0 Å². The van der Waals surface area contributed by atoms with Crippen LogP contribution in [-0.4, -0.2) is 59.5 Å². The molecule has 0 radical (unpaired) electrons. The smallest absolute Gasteiger partial charge is 0.331 e. The van der Waals surface area contributed by atoms with Crippen LogP contribution in [0.2, 0.25) is 0 Å². The van der Waals surface area contributed by atoms with Gasteiger partial charge in [-0.15, -0.1) is 0 Å². The summed E-state index contributed by atoms with van der Waals surface area (Å²) in [5.74, 6) is -0.610. The van der Waals surface area contributed by atoms with Gasteiger partial charge in [-0.3, -0.25) is 9.48 Å². The van der Waals surface area contributed by atoms with Gasteiger partial charge in [-0.2, -0.15) is 5.10 Å². The molecule has 1 saturated heterocycles. The lowest BCUT2D eigenvalue weighted by atomic mass is 10.2. The molecule has 1 aliphatic rings. The van der Waals surface area contributed by atoms with Crippen molar-refractivity contribution in [1.29, 1.82) is 0 Å². The summed E-state index contributed by atoms with van der Waals surface area (Å²) in [6.45, 7) is 4.88. The van der Waals surface area contributed by atoms with E-state index in [-0.39, 0.29) is 19.1 Å². The monoisotopic (exact) mass is 281 g/mol. The Labute approximate surface area is 117 Å². The first kappa shape index (κ1) is 14.5. The third-order valence-corrected chi connectivity index (χ3v) is 3.31. The second-order valence-corrected chi connectivity index (χ2v) is 4.79. The van der Waals surface area contributed by atoms with Crippen molar-refractivity contribution in [2.75, 3.05) is 26.9 Å². The second kappa shape index (κ2) is 6.04. The van der Waals surface area contributed by atoms with Gasteiger partial charge in [-0.25, -0.2) is 4.79 Å². The number of methoxy groups -OCH3 is 1. The lowest BCUT2D eigenvalue weighted by molar-refractivity contribution is -0.161. The van der Waals surface area contributed by atoms with Gasteiger partial charge < -0.3 is 14.4 Å². The number of amides is 1. The van der Waals surface area contributed by atoms with Crippen LogP contribution in [0.5, 0.6) is 0 Å². The number of aromatic nitrogens is 2. The molecule has 0 aromatic carbocycles. The molecule has 7 heteroatoms. The molecule has 1 amide bonds. The number of morpholine rings is 1. The molecule has 1 fully saturated rings.